The lowest BCUT2D eigenvalue weighted by Crippen LogP contribution is -2.38. The maximum absolute atomic E-state index is 12.4. The lowest BCUT2D eigenvalue weighted by molar-refractivity contribution is 0.156. The highest BCUT2D eigenvalue weighted by Crippen LogP contribution is 2.62. The highest BCUT2D eigenvalue weighted by atomic mass is 35.5. The van der Waals surface area contributed by atoms with E-state index < -0.39 is 13.4 Å². The van der Waals surface area contributed by atoms with Crippen molar-refractivity contribution >= 4 is 64.9 Å². The Labute approximate surface area is 193 Å². The molecular weight excluding hydrogens is 460 g/mol. The van der Waals surface area contributed by atoms with Gasteiger partial charge in [-0.15, -0.1) is 12.4 Å². The molecule has 0 aliphatic rings. The van der Waals surface area contributed by atoms with E-state index in [0.717, 1.165) is 15.9 Å². The van der Waals surface area contributed by atoms with Crippen LogP contribution in [0.2, 0.25) is 0 Å². The second-order valence-corrected chi connectivity index (χ2v) is 10.4. The highest BCUT2D eigenvalue weighted by molar-refractivity contribution is 7.99. The van der Waals surface area contributed by atoms with Crippen LogP contribution < -0.4 is 21.2 Å². The van der Waals surface area contributed by atoms with Crippen LogP contribution in [0, 0.1) is 0 Å². The number of hydrogen-bond acceptors (Lipinski definition) is 2. The summed E-state index contributed by atoms with van der Waals surface area (Å²) in [5.74, 6) is 0. The predicted octanol–water partition coefficient (Wildman–Crippen LogP) is 5.75. The number of benzene rings is 3. The molecule has 0 unspecified atom stereocenters. The van der Waals surface area contributed by atoms with Crippen LogP contribution in [0.1, 0.15) is 6.92 Å². The van der Waals surface area contributed by atoms with Crippen LogP contribution in [0.3, 0.4) is 0 Å². The molecule has 0 saturated carbocycles. The summed E-state index contributed by atoms with van der Waals surface area (Å²) in [6.07, 6.45) is -0.589. The molecule has 0 aliphatic heterocycles. The van der Waals surface area contributed by atoms with Crippen molar-refractivity contribution in [1.82, 2.24) is 5.32 Å². The Balaban J connectivity index is 0.00000320. The molecule has 0 spiro atoms. The minimum atomic E-state index is -2.59. The fourth-order valence-electron chi connectivity index (χ4n) is 3.31. The zero-order valence-corrected chi connectivity index (χ0v) is 19.5. The molecule has 1 amide bonds. The van der Waals surface area contributed by atoms with Crippen molar-refractivity contribution in [2.75, 3.05) is 6.61 Å². The van der Waals surface area contributed by atoms with Gasteiger partial charge in [-0.05, 0) is 43.3 Å². The fourth-order valence-corrected chi connectivity index (χ4v) is 8.21. The van der Waals surface area contributed by atoms with E-state index in [-0.39, 0.29) is 23.5 Å². The molecule has 0 radical (unpaired) electrons. The van der Waals surface area contributed by atoms with Crippen molar-refractivity contribution in [1.29, 1.82) is 0 Å². The first-order valence-electron chi connectivity index (χ1n) is 9.16. The van der Waals surface area contributed by atoms with Gasteiger partial charge in [0.15, 0.2) is 11.8 Å². The number of alkyl carbamates (subject to hydrolysis) is 1. The van der Waals surface area contributed by atoms with E-state index in [0.29, 0.717) is 5.44 Å². The predicted molar refractivity (Wildman–Crippen MR) is 131 cm³/mol. The van der Waals surface area contributed by atoms with Gasteiger partial charge in [-0.1, -0.05) is 77.8 Å². The average Bonchev–Trinajstić information content (AvgIpc) is 2.76. The van der Waals surface area contributed by atoms with Gasteiger partial charge in [-0.25, -0.2) is 4.79 Å². The third-order valence-electron chi connectivity index (χ3n) is 4.44. The van der Waals surface area contributed by atoms with Crippen LogP contribution in [0.5, 0.6) is 0 Å². The first kappa shape index (κ1) is 24.2. The molecule has 3 aromatic rings. The Morgan fingerprint density at radius 3 is 1.47 bits per heavy atom. The molecule has 0 heterocycles. The Hall–Kier alpha value is -2.03. The van der Waals surface area contributed by atoms with Gasteiger partial charge < -0.3 is 4.74 Å². The summed E-state index contributed by atoms with van der Waals surface area (Å²) in [6.45, 7) is 1.99. The minimum absolute atomic E-state index is 0. The van der Waals surface area contributed by atoms with Crippen LogP contribution >= 0.6 is 42.9 Å². The first-order valence-corrected chi connectivity index (χ1v) is 11.7. The Kier molecular flexibility index (Phi) is 9.20. The van der Waals surface area contributed by atoms with Crippen LogP contribution in [0.25, 0.3) is 0 Å². The molecule has 156 valence electrons. The summed E-state index contributed by atoms with van der Waals surface area (Å²) in [5.41, 5.74) is 0.447. The van der Waals surface area contributed by atoms with E-state index in [1.165, 1.54) is 0 Å². The summed E-state index contributed by atoms with van der Waals surface area (Å²) in [5, 5.41) is 5.91. The second kappa shape index (κ2) is 11.4. The Morgan fingerprint density at radius 2 is 1.17 bits per heavy atom. The van der Waals surface area contributed by atoms with Crippen molar-refractivity contribution in [2.45, 2.75) is 6.92 Å². The molecule has 0 aliphatic carbocycles. The zero-order valence-electron chi connectivity index (χ0n) is 16.3. The standard InChI is InChI=1S/C23H20Cl2NO2P.ClH/c1-2-28-23(27)26-22(21(24)25)29(18-12-6-3-7-13-18,19-14-8-4-9-15-19)20-16-10-5-11-17-20;/h3-17H,2H2,1H3;1H/p+1. The molecule has 0 saturated heterocycles. The Bertz CT molecular complexity index is 882. The van der Waals surface area contributed by atoms with Gasteiger partial charge in [-0.2, -0.15) is 0 Å². The van der Waals surface area contributed by atoms with Crippen molar-refractivity contribution < 1.29 is 9.53 Å². The third kappa shape index (κ3) is 4.99. The average molecular weight is 482 g/mol. The maximum atomic E-state index is 12.4. The van der Waals surface area contributed by atoms with Crippen LogP contribution in [0.4, 0.5) is 4.79 Å². The van der Waals surface area contributed by atoms with Gasteiger partial charge >= 0.3 is 6.09 Å². The van der Waals surface area contributed by atoms with Crippen molar-refractivity contribution in [3.8, 4) is 0 Å². The smallest absolute Gasteiger partial charge is 0.414 e. The van der Waals surface area contributed by atoms with Gasteiger partial charge in [0, 0.05) is 0 Å². The maximum Gasteiger partial charge on any atom is 0.414 e. The first-order chi connectivity index (χ1) is 14.1. The van der Waals surface area contributed by atoms with E-state index in [2.05, 4.69) is 5.32 Å². The number of amides is 1. The van der Waals surface area contributed by atoms with E-state index in [1.807, 2.05) is 91.0 Å². The molecule has 0 bridgehead atoms. The molecular formula is C23H22Cl3NO2P+. The lowest BCUT2D eigenvalue weighted by Gasteiger charge is -2.29. The SMILES string of the molecule is CCOC(=O)NC(=C(Cl)Cl)[P+](c1ccccc1)(c1ccccc1)c1ccccc1.Cl. The number of nitrogens with one attached hydrogen (secondary N) is 1. The van der Waals surface area contributed by atoms with Crippen molar-refractivity contribution in [2.24, 2.45) is 0 Å². The minimum Gasteiger partial charge on any atom is -0.450 e. The summed E-state index contributed by atoms with van der Waals surface area (Å²) in [7, 11) is -2.59. The van der Waals surface area contributed by atoms with Gasteiger partial charge in [-0.3, -0.25) is 5.32 Å². The van der Waals surface area contributed by atoms with E-state index >= 15 is 0 Å². The number of carbonyl (C=O) groups excluding carboxylic acids is 1. The Morgan fingerprint density at radius 1 is 0.800 bits per heavy atom. The molecule has 7 heteroatoms. The van der Waals surface area contributed by atoms with Gasteiger partial charge in [0.1, 0.15) is 15.9 Å². The van der Waals surface area contributed by atoms with Crippen LogP contribution in [-0.4, -0.2) is 12.7 Å². The van der Waals surface area contributed by atoms with Gasteiger partial charge in [0.25, 0.3) is 0 Å². The second-order valence-electron chi connectivity index (χ2n) is 6.13. The molecule has 0 fully saturated rings. The third-order valence-corrected chi connectivity index (χ3v) is 9.31. The van der Waals surface area contributed by atoms with Crippen LogP contribution in [-0.2, 0) is 4.74 Å². The lowest BCUT2D eigenvalue weighted by atomic mass is 10.4. The molecule has 3 nitrogen and oxygen atoms in total. The van der Waals surface area contributed by atoms with Crippen molar-refractivity contribution in [3.63, 3.8) is 0 Å². The summed E-state index contributed by atoms with van der Waals surface area (Å²) >= 11 is 12.8. The summed E-state index contributed by atoms with van der Waals surface area (Å²) in [6, 6.07) is 29.9. The van der Waals surface area contributed by atoms with E-state index in [4.69, 9.17) is 27.9 Å². The fraction of sp³-hybridized carbons (Fsp3) is 0.0870. The monoisotopic (exact) mass is 480 g/mol. The molecule has 0 atom stereocenters. The van der Waals surface area contributed by atoms with E-state index in [1.54, 1.807) is 6.92 Å². The largest absolute Gasteiger partial charge is 0.450 e. The molecule has 3 aromatic carbocycles. The number of hydrogen-bond donors (Lipinski definition) is 1. The number of carbonyl (C=O) groups is 1. The highest BCUT2D eigenvalue weighted by Gasteiger charge is 2.52. The van der Waals surface area contributed by atoms with Crippen LogP contribution in [0.15, 0.2) is 101 Å². The summed E-state index contributed by atoms with van der Waals surface area (Å²) in [4.78, 5) is 12.4. The zero-order chi connectivity index (χ0) is 20.7. The number of rotatable bonds is 6. The quantitative estimate of drug-likeness (QED) is 0.455. The molecule has 3 rings (SSSR count). The molecule has 1 N–H and O–H groups in total. The van der Waals surface area contributed by atoms with Gasteiger partial charge in [0.2, 0.25) is 5.44 Å². The topological polar surface area (TPSA) is 38.3 Å². The molecule has 30 heavy (non-hydrogen) atoms. The van der Waals surface area contributed by atoms with Gasteiger partial charge in [0.05, 0.1) is 6.61 Å². The summed E-state index contributed by atoms with van der Waals surface area (Å²) < 4.78 is 5.14. The molecule has 0 aromatic heterocycles. The van der Waals surface area contributed by atoms with E-state index in [9.17, 15) is 4.79 Å². The number of halogens is 3. The normalized spacial score (nSPS) is 10.5. The van der Waals surface area contributed by atoms with Crippen molar-refractivity contribution in [3.05, 3.63) is 101 Å². The number of ether oxygens (including phenoxy) is 1.